The first-order valence-electron chi connectivity index (χ1n) is 4.33. The molecule has 0 aliphatic rings. The summed E-state index contributed by atoms with van der Waals surface area (Å²) in [5, 5.41) is 32.3. The zero-order valence-corrected chi connectivity index (χ0v) is 9.86. The minimum Gasteiger partial charge on any atom is -0.396 e. The van der Waals surface area contributed by atoms with E-state index in [1.165, 1.54) is 0 Å². The Morgan fingerprint density at radius 1 is 0.882 bits per heavy atom. The van der Waals surface area contributed by atoms with Gasteiger partial charge in [0.1, 0.15) is 12.5 Å². The molecule has 11 heteroatoms. The maximum Gasteiger partial charge on any atom is 0.394 e. The first-order valence-corrected chi connectivity index (χ1v) is 5.73. The molecule has 108 valence electrons. The van der Waals surface area contributed by atoms with Crippen molar-refractivity contribution >= 4 is 10.4 Å². The van der Waals surface area contributed by atoms with Crippen LogP contribution in [0.15, 0.2) is 0 Å². The molecule has 0 aromatic carbocycles. The first kappa shape index (κ1) is 21.9. The number of nitrogens with two attached hydrogens (primary N) is 2. The Morgan fingerprint density at radius 3 is 1.06 bits per heavy atom. The molecular formula is C6H20N2O8S. The fraction of sp³-hybridized carbons (Fsp3) is 1.00. The van der Waals surface area contributed by atoms with E-state index >= 15 is 0 Å². The van der Waals surface area contributed by atoms with Gasteiger partial charge in [-0.3, -0.25) is 9.11 Å². The Hall–Kier alpha value is -0.370. The molecule has 0 saturated carbocycles. The molecule has 0 fully saturated rings. The largest absolute Gasteiger partial charge is 0.396 e. The van der Waals surface area contributed by atoms with E-state index in [9.17, 15) is 0 Å². The van der Waals surface area contributed by atoms with Crippen LogP contribution in [0.3, 0.4) is 0 Å². The van der Waals surface area contributed by atoms with Crippen molar-refractivity contribution in [3.8, 4) is 0 Å². The van der Waals surface area contributed by atoms with Crippen LogP contribution in [-0.4, -0.2) is 63.6 Å². The Bertz CT molecular complexity index is 212. The van der Waals surface area contributed by atoms with Gasteiger partial charge < -0.3 is 31.9 Å². The van der Waals surface area contributed by atoms with E-state index in [4.69, 9.17) is 49.4 Å². The van der Waals surface area contributed by atoms with Crippen molar-refractivity contribution in [1.29, 1.82) is 0 Å². The predicted octanol–water partition coefficient (Wildman–Crippen LogP) is -3.36. The van der Waals surface area contributed by atoms with Crippen LogP contribution in [0.2, 0.25) is 0 Å². The van der Waals surface area contributed by atoms with Crippen molar-refractivity contribution in [2.45, 2.75) is 25.3 Å². The number of aliphatic hydroxyl groups is 4. The summed E-state index contributed by atoms with van der Waals surface area (Å²) in [5.74, 6) is 0. The van der Waals surface area contributed by atoms with Crippen LogP contribution in [-0.2, 0) is 10.4 Å². The Balaban J connectivity index is -0.000000174. The maximum absolute atomic E-state index is 8.74. The average molecular weight is 280 g/mol. The second-order valence-corrected chi connectivity index (χ2v) is 3.50. The highest BCUT2D eigenvalue weighted by molar-refractivity contribution is 7.79. The summed E-state index contributed by atoms with van der Waals surface area (Å²) >= 11 is 0. The summed E-state index contributed by atoms with van der Waals surface area (Å²) in [6, 6.07) is 0. The van der Waals surface area contributed by atoms with Crippen LogP contribution in [0, 0.1) is 0 Å². The van der Waals surface area contributed by atoms with Crippen molar-refractivity contribution in [3.05, 3.63) is 0 Å². The average Bonchev–Trinajstić information content (AvgIpc) is 2.00. The van der Waals surface area contributed by atoms with E-state index in [-0.39, 0.29) is 26.1 Å². The van der Waals surface area contributed by atoms with Crippen LogP contribution in [0.1, 0.15) is 12.8 Å². The molecule has 17 heavy (non-hydrogen) atoms. The lowest BCUT2D eigenvalue weighted by molar-refractivity contribution is 0.138. The monoisotopic (exact) mass is 280 g/mol. The number of hydrogen-bond acceptors (Lipinski definition) is 8. The lowest BCUT2D eigenvalue weighted by Crippen LogP contribution is -2.19. The molecule has 0 aliphatic heterocycles. The lowest BCUT2D eigenvalue weighted by Gasteiger charge is -1.95. The molecule has 0 aromatic heterocycles. The van der Waals surface area contributed by atoms with Crippen LogP contribution >= 0.6 is 0 Å². The highest BCUT2D eigenvalue weighted by Gasteiger charge is 1.89. The third-order valence-corrected chi connectivity index (χ3v) is 0.850. The maximum atomic E-state index is 8.74. The van der Waals surface area contributed by atoms with Gasteiger partial charge >= 0.3 is 10.4 Å². The van der Waals surface area contributed by atoms with Gasteiger partial charge in [-0.15, -0.1) is 0 Å². The molecule has 0 amide bonds. The van der Waals surface area contributed by atoms with Gasteiger partial charge in [-0.2, -0.15) is 8.42 Å². The molecule has 0 spiro atoms. The van der Waals surface area contributed by atoms with Crippen LogP contribution in [0.4, 0.5) is 0 Å². The molecule has 0 bridgehead atoms. The SMILES string of the molecule is NC(O)CCO.NC(O)CCO.O=S(=O)(O)O. The van der Waals surface area contributed by atoms with Gasteiger partial charge in [0, 0.05) is 26.1 Å². The van der Waals surface area contributed by atoms with Crippen LogP contribution < -0.4 is 11.5 Å². The predicted molar refractivity (Wildman–Crippen MR) is 58.0 cm³/mol. The highest BCUT2D eigenvalue weighted by atomic mass is 32.3. The molecule has 2 atom stereocenters. The Labute approximate surface area is 99.1 Å². The summed E-state index contributed by atoms with van der Waals surface area (Å²) in [5.41, 5.74) is 9.60. The van der Waals surface area contributed by atoms with E-state index in [0.29, 0.717) is 0 Å². The van der Waals surface area contributed by atoms with Crippen LogP contribution in [0.5, 0.6) is 0 Å². The second kappa shape index (κ2) is 13.7. The fourth-order valence-corrected chi connectivity index (χ4v) is 0.265. The number of hydrogen-bond donors (Lipinski definition) is 8. The van der Waals surface area contributed by atoms with Gasteiger partial charge in [-0.05, 0) is 0 Å². The van der Waals surface area contributed by atoms with Crippen molar-refractivity contribution < 1.29 is 37.9 Å². The normalized spacial score (nSPS) is 13.6. The molecule has 0 radical (unpaired) electrons. The summed E-state index contributed by atoms with van der Waals surface area (Å²) in [6.07, 6.45) is -1.18. The molecule has 10 N–H and O–H groups in total. The van der Waals surface area contributed by atoms with Gasteiger partial charge in [0.15, 0.2) is 0 Å². The molecule has 0 rings (SSSR count). The number of rotatable bonds is 4. The molecular weight excluding hydrogens is 260 g/mol. The second-order valence-electron chi connectivity index (χ2n) is 2.61. The summed E-state index contributed by atoms with van der Waals surface area (Å²) in [4.78, 5) is 0. The number of aliphatic hydroxyl groups excluding tert-OH is 4. The molecule has 2 unspecified atom stereocenters. The third kappa shape index (κ3) is 91.6. The van der Waals surface area contributed by atoms with Crippen molar-refractivity contribution in [2.75, 3.05) is 13.2 Å². The van der Waals surface area contributed by atoms with Gasteiger partial charge in [0.25, 0.3) is 0 Å². The highest BCUT2D eigenvalue weighted by Crippen LogP contribution is 1.75. The van der Waals surface area contributed by atoms with E-state index in [0.717, 1.165) is 0 Å². The Morgan fingerprint density at radius 2 is 1.06 bits per heavy atom. The smallest absolute Gasteiger partial charge is 0.394 e. The van der Waals surface area contributed by atoms with E-state index < -0.39 is 22.9 Å². The van der Waals surface area contributed by atoms with Crippen LogP contribution in [0.25, 0.3) is 0 Å². The van der Waals surface area contributed by atoms with E-state index in [1.54, 1.807) is 0 Å². The minimum absolute atomic E-state index is 0.0440. The van der Waals surface area contributed by atoms with E-state index in [1.807, 2.05) is 0 Å². The zero-order valence-electron chi connectivity index (χ0n) is 9.05. The molecule has 0 heterocycles. The molecule has 0 aromatic rings. The third-order valence-electron chi connectivity index (χ3n) is 0.850. The van der Waals surface area contributed by atoms with Gasteiger partial charge in [-0.1, -0.05) is 0 Å². The van der Waals surface area contributed by atoms with Gasteiger partial charge in [0.2, 0.25) is 0 Å². The molecule has 0 aliphatic carbocycles. The summed E-state index contributed by atoms with van der Waals surface area (Å²) < 4.78 is 31.6. The topological polar surface area (TPSA) is 208 Å². The van der Waals surface area contributed by atoms with Gasteiger partial charge in [-0.25, -0.2) is 0 Å². The Kier molecular flexibility index (Phi) is 17.6. The van der Waals surface area contributed by atoms with E-state index in [2.05, 4.69) is 0 Å². The molecule has 10 nitrogen and oxygen atoms in total. The van der Waals surface area contributed by atoms with Crippen molar-refractivity contribution in [1.82, 2.24) is 0 Å². The van der Waals surface area contributed by atoms with Crippen molar-refractivity contribution in [3.63, 3.8) is 0 Å². The van der Waals surface area contributed by atoms with Gasteiger partial charge in [0.05, 0.1) is 0 Å². The zero-order chi connectivity index (χ0) is 14.5. The summed E-state index contributed by atoms with van der Waals surface area (Å²) in [6.45, 7) is -0.0880. The quantitative estimate of drug-likeness (QED) is 0.189. The molecule has 0 saturated heterocycles. The first-order chi connectivity index (χ1) is 7.54. The van der Waals surface area contributed by atoms with Crippen molar-refractivity contribution in [2.24, 2.45) is 11.5 Å². The summed E-state index contributed by atoms with van der Waals surface area (Å²) in [7, 11) is -4.67. The fourth-order valence-electron chi connectivity index (χ4n) is 0.265. The standard InChI is InChI=1S/2C3H9NO2.H2O4S/c2*4-3(6)1-2-5;1-5(2,3)4/h2*3,5-6H,1-2,4H2;(H2,1,2,3,4). The lowest BCUT2D eigenvalue weighted by atomic mass is 10.4. The minimum atomic E-state index is -4.67.